The summed E-state index contributed by atoms with van der Waals surface area (Å²) in [5.74, 6) is -2.52. The van der Waals surface area contributed by atoms with Gasteiger partial charge in [0.05, 0.1) is 24.2 Å². The van der Waals surface area contributed by atoms with Crippen molar-refractivity contribution in [2.45, 2.75) is 13.3 Å². The second kappa shape index (κ2) is 9.48. The summed E-state index contributed by atoms with van der Waals surface area (Å²) in [6.45, 7) is 2.41. The summed E-state index contributed by atoms with van der Waals surface area (Å²) in [6.07, 6.45) is -0.984. The van der Waals surface area contributed by atoms with E-state index in [-0.39, 0.29) is 36.0 Å². The molecule has 2 aromatic carbocycles. The minimum Gasteiger partial charge on any atom is -0.437 e. The van der Waals surface area contributed by atoms with Crippen LogP contribution in [0.3, 0.4) is 0 Å². The maximum atomic E-state index is 14.6. The summed E-state index contributed by atoms with van der Waals surface area (Å²) >= 11 is 0. The van der Waals surface area contributed by atoms with Gasteiger partial charge in [-0.2, -0.15) is 0 Å². The van der Waals surface area contributed by atoms with Crippen LogP contribution in [0.25, 0.3) is 0 Å². The summed E-state index contributed by atoms with van der Waals surface area (Å²) in [6, 6.07) is 7.52. The molecule has 0 spiro atoms. The summed E-state index contributed by atoms with van der Waals surface area (Å²) in [5.41, 5.74) is 0.665. The van der Waals surface area contributed by atoms with E-state index in [1.807, 2.05) is 0 Å². The number of anilines is 3. The first kappa shape index (κ1) is 23.2. The Labute approximate surface area is 193 Å². The van der Waals surface area contributed by atoms with Crippen LogP contribution < -0.4 is 19.9 Å². The minimum absolute atomic E-state index is 0.0171. The van der Waals surface area contributed by atoms with Crippen LogP contribution in [0.15, 0.2) is 47.8 Å². The molecule has 0 saturated carbocycles. The van der Waals surface area contributed by atoms with Crippen LogP contribution in [0.5, 0.6) is 5.75 Å². The Balaban J connectivity index is 1.69. The highest BCUT2D eigenvalue weighted by atomic mass is 19.1. The fourth-order valence-electron chi connectivity index (χ4n) is 3.80. The SMILES string of the molecule is CCOCN1C2=C(C(=O)Nc3ccc(OC(=O)OC)cc3F)C(=O)CCN2c2ccc(F)cc21. The van der Waals surface area contributed by atoms with Gasteiger partial charge in [0.25, 0.3) is 5.91 Å². The maximum absolute atomic E-state index is 14.6. The van der Waals surface area contributed by atoms with Crippen LogP contribution >= 0.6 is 0 Å². The highest BCUT2D eigenvalue weighted by Gasteiger charge is 2.41. The van der Waals surface area contributed by atoms with E-state index in [2.05, 4.69) is 10.1 Å². The summed E-state index contributed by atoms with van der Waals surface area (Å²) in [4.78, 5) is 40.5. The highest BCUT2D eigenvalue weighted by Crippen LogP contribution is 2.45. The normalized spacial score (nSPS) is 14.6. The molecule has 0 saturated heterocycles. The Morgan fingerprint density at radius 1 is 1.12 bits per heavy atom. The lowest BCUT2D eigenvalue weighted by atomic mass is 10.0. The van der Waals surface area contributed by atoms with Gasteiger partial charge in [-0.15, -0.1) is 0 Å². The molecule has 2 aliphatic rings. The van der Waals surface area contributed by atoms with Gasteiger partial charge in [-0.25, -0.2) is 13.6 Å². The highest BCUT2D eigenvalue weighted by molar-refractivity contribution is 6.25. The predicted octanol–water partition coefficient (Wildman–Crippen LogP) is 3.55. The molecule has 0 radical (unpaired) electrons. The van der Waals surface area contributed by atoms with E-state index in [0.29, 0.717) is 24.5 Å². The van der Waals surface area contributed by atoms with E-state index in [4.69, 9.17) is 9.47 Å². The first-order chi connectivity index (χ1) is 16.3. The van der Waals surface area contributed by atoms with Gasteiger partial charge < -0.3 is 29.3 Å². The molecule has 2 aliphatic heterocycles. The molecule has 2 heterocycles. The first-order valence-corrected chi connectivity index (χ1v) is 10.4. The Bertz CT molecular complexity index is 1200. The summed E-state index contributed by atoms with van der Waals surface area (Å²) in [5, 5.41) is 2.40. The Kier molecular flexibility index (Phi) is 6.46. The van der Waals surface area contributed by atoms with Crippen molar-refractivity contribution in [2.24, 2.45) is 0 Å². The number of nitrogens with zero attached hydrogens (tertiary/aromatic N) is 2. The lowest BCUT2D eigenvalue weighted by Crippen LogP contribution is -2.41. The Hall–Kier alpha value is -3.99. The molecule has 0 unspecified atom stereocenters. The van der Waals surface area contributed by atoms with Crippen molar-refractivity contribution in [3.8, 4) is 5.75 Å². The molecule has 0 aliphatic carbocycles. The van der Waals surface area contributed by atoms with E-state index in [1.165, 1.54) is 24.3 Å². The molecular weight excluding hydrogens is 452 g/mol. The van der Waals surface area contributed by atoms with Gasteiger partial charge >= 0.3 is 6.16 Å². The van der Waals surface area contributed by atoms with Crippen molar-refractivity contribution in [1.82, 2.24) is 0 Å². The fraction of sp³-hybridized carbons (Fsp3) is 0.261. The third-order valence-corrected chi connectivity index (χ3v) is 5.30. The van der Waals surface area contributed by atoms with Crippen molar-refractivity contribution >= 4 is 34.9 Å². The Morgan fingerprint density at radius 3 is 2.62 bits per heavy atom. The Morgan fingerprint density at radius 2 is 1.91 bits per heavy atom. The number of ether oxygens (including phenoxy) is 3. The molecule has 4 rings (SSSR count). The molecule has 0 atom stereocenters. The molecular formula is C23H21F2N3O6. The van der Waals surface area contributed by atoms with Gasteiger partial charge in [-0.1, -0.05) is 0 Å². The largest absolute Gasteiger partial charge is 0.513 e. The number of nitrogens with one attached hydrogen (secondary N) is 1. The number of methoxy groups -OCH3 is 1. The monoisotopic (exact) mass is 473 g/mol. The molecule has 0 fully saturated rings. The van der Waals surface area contributed by atoms with E-state index in [0.717, 1.165) is 13.2 Å². The van der Waals surface area contributed by atoms with Gasteiger partial charge in [0.2, 0.25) is 0 Å². The number of carbonyl (C=O) groups excluding carboxylic acids is 3. The number of hydrogen-bond donors (Lipinski definition) is 1. The standard InChI is InChI=1S/C23H21F2N3O6/c1-3-33-12-28-18-10-13(24)4-7-17(18)27-9-8-19(29)20(22(27)28)21(30)26-16-6-5-14(11-15(16)25)34-23(31)32-2/h4-7,10-11H,3,8-9,12H2,1-2H3,(H,26,30). The topological polar surface area (TPSA) is 97.4 Å². The van der Waals surface area contributed by atoms with Gasteiger partial charge in [0.1, 0.15) is 35.5 Å². The number of amides is 1. The smallest absolute Gasteiger partial charge is 0.437 e. The molecule has 9 nitrogen and oxygen atoms in total. The second-order valence-corrected chi connectivity index (χ2v) is 7.36. The minimum atomic E-state index is -1.03. The first-order valence-electron chi connectivity index (χ1n) is 10.4. The lowest BCUT2D eigenvalue weighted by Gasteiger charge is -2.30. The molecule has 1 amide bonds. The number of ketones is 1. The molecule has 2 aromatic rings. The van der Waals surface area contributed by atoms with E-state index >= 15 is 0 Å². The quantitative estimate of drug-likeness (QED) is 0.387. The summed E-state index contributed by atoms with van der Waals surface area (Å²) in [7, 11) is 1.11. The van der Waals surface area contributed by atoms with Crippen LogP contribution in [-0.2, 0) is 19.1 Å². The molecule has 34 heavy (non-hydrogen) atoms. The number of fused-ring (bicyclic) bond motifs is 3. The number of hydrogen-bond acceptors (Lipinski definition) is 8. The van der Waals surface area contributed by atoms with Crippen LogP contribution in [0.4, 0.5) is 30.6 Å². The zero-order chi connectivity index (χ0) is 24.4. The van der Waals surface area contributed by atoms with E-state index in [1.54, 1.807) is 22.8 Å². The van der Waals surface area contributed by atoms with Gasteiger partial charge in [0, 0.05) is 25.6 Å². The van der Waals surface area contributed by atoms with Crippen molar-refractivity contribution < 1.29 is 37.4 Å². The van der Waals surface area contributed by atoms with Gasteiger partial charge in [0.15, 0.2) is 5.78 Å². The molecule has 178 valence electrons. The maximum Gasteiger partial charge on any atom is 0.513 e. The zero-order valence-electron chi connectivity index (χ0n) is 18.4. The third-order valence-electron chi connectivity index (χ3n) is 5.30. The predicted molar refractivity (Wildman–Crippen MR) is 117 cm³/mol. The number of halogens is 2. The number of carbonyl (C=O) groups is 3. The average molecular weight is 473 g/mol. The van der Waals surface area contributed by atoms with Crippen molar-refractivity contribution in [2.75, 3.05) is 42.1 Å². The second-order valence-electron chi connectivity index (χ2n) is 7.36. The fourth-order valence-corrected chi connectivity index (χ4v) is 3.80. The third kappa shape index (κ3) is 4.29. The van der Waals surface area contributed by atoms with Gasteiger partial charge in [-0.05, 0) is 37.3 Å². The van der Waals surface area contributed by atoms with Crippen molar-refractivity contribution in [3.63, 3.8) is 0 Å². The van der Waals surface area contributed by atoms with Crippen LogP contribution in [0.2, 0.25) is 0 Å². The lowest BCUT2D eigenvalue weighted by molar-refractivity contribution is -0.120. The molecule has 1 N–H and O–H groups in total. The van der Waals surface area contributed by atoms with Crippen LogP contribution in [-0.4, -0.2) is 44.8 Å². The number of benzene rings is 2. The van der Waals surface area contributed by atoms with Crippen molar-refractivity contribution in [1.29, 1.82) is 0 Å². The van der Waals surface area contributed by atoms with Gasteiger partial charge in [-0.3, -0.25) is 9.59 Å². The average Bonchev–Trinajstić information content (AvgIpc) is 3.11. The zero-order valence-corrected chi connectivity index (χ0v) is 18.4. The van der Waals surface area contributed by atoms with E-state index in [9.17, 15) is 23.2 Å². The molecule has 11 heteroatoms. The van der Waals surface area contributed by atoms with Crippen LogP contribution in [0, 0.1) is 11.6 Å². The van der Waals surface area contributed by atoms with E-state index < -0.39 is 29.5 Å². The molecule has 0 bridgehead atoms. The van der Waals surface area contributed by atoms with Crippen LogP contribution in [0.1, 0.15) is 13.3 Å². The number of Topliss-reactive ketones (excluding diaryl/α,β-unsaturated/α-hetero) is 1. The summed E-state index contributed by atoms with van der Waals surface area (Å²) < 4.78 is 43.2. The number of rotatable bonds is 6. The van der Waals surface area contributed by atoms with Crippen molar-refractivity contribution in [3.05, 3.63) is 59.4 Å². The molecule has 0 aromatic heterocycles.